The Morgan fingerprint density at radius 2 is 1.92 bits per heavy atom. The van der Waals surface area contributed by atoms with Crippen molar-refractivity contribution in [1.82, 2.24) is 0 Å². The lowest BCUT2D eigenvalue weighted by Crippen LogP contribution is -2.51. The van der Waals surface area contributed by atoms with Crippen LogP contribution in [0.3, 0.4) is 0 Å². The topological polar surface area (TPSA) is 44.8 Å². The molecule has 3 aliphatic heterocycles. The summed E-state index contributed by atoms with van der Waals surface area (Å²) in [6.45, 7) is 0.315. The van der Waals surface area contributed by atoms with E-state index in [1.165, 1.54) is 6.07 Å². The highest BCUT2D eigenvalue weighted by Gasteiger charge is 2.55. The molecule has 0 unspecified atom stereocenters. The first kappa shape index (κ1) is 17.4. The number of ketones is 1. The van der Waals surface area contributed by atoms with E-state index in [2.05, 4.69) is 31.9 Å². The number of hydrogen-bond donors (Lipinski definition) is 0. The summed E-state index contributed by atoms with van der Waals surface area (Å²) in [6.07, 6.45) is -5.70. The van der Waals surface area contributed by atoms with E-state index in [1.54, 1.807) is 6.07 Å². The number of carbonyl (C=O) groups is 1. The number of benzene rings is 1. The zero-order valence-corrected chi connectivity index (χ0v) is 15.7. The first-order valence-electron chi connectivity index (χ1n) is 7.57. The minimum atomic E-state index is -4.81. The molecule has 0 radical (unpaired) electrons. The Bertz CT molecular complexity index is 790. The molecule has 1 fully saturated rings. The van der Waals surface area contributed by atoms with Crippen LogP contribution in [0, 0.1) is 5.92 Å². The normalized spacial score (nSPS) is 28.5. The zero-order valence-electron chi connectivity index (χ0n) is 12.5. The molecule has 0 amide bonds. The second kappa shape index (κ2) is 5.99. The summed E-state index contributed by atoms with van der Waals surface area (Å²) in [5.74, 6) is -2.27. The minimum Gasteiger partial charge on any atom is -0.483 e. The van der Waals surface area contributed by atoms with Gasteiger partial charge in [0, 0.05) is 4.47 Å². The van der Waals surface area contributed by atoms with Crippen molar-refractivity contribution in [2.75, 3.05) is 6.61 Å². The van der Waals surface area contributed by atoms with E-state index in [9.17, 15) is 18.0 Å². The van der Waals surface area contributed by atoms with Crippen LogP contribution in [0.4, 0.5) is 13.2 Å². The third kappa shape index (κ3) is 2.80. The number of halogens is 5. The average molecular weight is 484 g/mol. The molecule has 9 heteroatoms. The van der Waals surface area contributed by atoms with E-state index in [4.69, 9.17) is 14.2 Å². The molecule has 0 N–H and O–H groups in total. The molecule has 1 aromatic rings. The van der Waals surface area contributed by atoms with Crippen molar-refractivity contribution in [1.29, 1.82) is 0 Å². The monoisotopic (exact) mass is 482 g/mol. The standard InChI is InChI=1S/C16H11Br2F3O4/c17-6-4-8-11(22)10-13(24-12(8)9(18)5-6)7-2-1-3-23-15(7)25-14(10)16(19,20)21/h4-5,7,13,15H,1-3H2/t7-,13+,15+/m0/s1. The van der Waals surface area contributed by atoms with Crippen LogP contribution >= 0.6 is 31.9 Å². The lowest BCUT2D eigenvalue weighted by Gasteiger charge is -2.44. The summed E-state index contributed by atoms with van der Waals surface area (Å²) in [7, 11) is 0. The van der Waals surface area contributed by atoms with E-state index in [0.29, 0.717) is 28.4 Å². The Hall–Kier alpha value is -1.06. The molecule has 1 aromatic carbocycles. The average Bonchev–Trinajstić information content (AvgIpc) is 2.54. The maximum absolute atomic E-state index is 13.5. The fourth-order valence-electron chi connectivity index (χ4n) is 3.44. The predicted molar refractivity (Wildman–Crippen MR) is 87.2 cm³/mol. The summed E-state index contributed by atoms with van der Waals surface area (Å²) < 4.78 is 57.9. The van der Waals surface area contributed by atoms with Gasteiger partial charge in [-0.25, -0.2) is 0 Å². The van der Waals surface area contributed by atoms with Crippen LogP contribution in [0.2, 0.25) is 0 Å². The van der Waals surface area contributed by atoms with E-state index in [1.807, 2.05) is 0 Å². The van der Waals surface area contributed by atoms with Gasteiger partial charge in [-0.3, -0.25) is 4.79 Å². The number of carbonyl (C=O) groups excluding carboxylic acids is 1. The van der Waals surface area contributed by atoms with Gasteiger partial charge in [0.05, 0.1) is 28.1 Å². The molecule has 3 atom stereocenters. The van der Waals surface area contributed by atoms with Gasteiger partial charge in [-0.1, -0.05) is 15.9 Å². The van der Waals surface area contributed by atoms with Crippen LogP contribution < -0.4 is 4.74 Å². The number of rotatable bonds is 0. The Morgan fingerprint density at radius 3 is 2.64 bits per heavy atom. The fourth-order valence-corrected chi connectivity index (χ4v) is 4.75. The lowest BCUT2D eigenvalue weighted by molar-refractivity contribution is -0.236. The SMILES string of the molecule is O=C1C2=C(C(F)(F)F)O[C@H]3OCCC[C@H]3[C@H]2Oc2c(Br)cc(Br)cc21. The number of ether oxygens (including phenoxy) is 3. The second-order valence-electron chi connectivity index (χ2n) is 6.04. The van der Waals surface area contributed by atoms with E-state index >= 15 is 0 Å². The van der Waals surface area contributed by atoms with Gasteiger partial charge in [-0.05, 0) is 40.9 Å². The molecule has 0 bridgehead atoms. The first-order chi connectivity index (χ1) is 11.8. The number of alkyl halides is 3. The highest BCUT2D eigenvalue weighted by atomic mass is 79.9. The quantitative estimate of drug-likeness (QED) is 0.534. The molecular formula is C16H11Br2F3O4. The van der Waals surface area contributed by atoms with E-state index in [-0.39, 0.29) is 11.3 Å². The Morgan fingerprint density at radius 1 is 1.16 bits per heavy atom. The number of allylic oxidation sites excluding steroid dienone is 1. The number of Topliss-reactive ketones (excluding diaryl/α,β-unsaturated/α-hetero) is 1. The van der Waals surface area contributed by atoms with Crippen molar-refractivity contribution in [2.24, 2.45) is 5.92 Å². The number of hydrogen-bond acceptors (Lipinski definition) is 4. The van der Waals surface area contributed by atoms with Gasteiger partial charge >= 0.3 is 6.18 Å². The van der Waals surface area contributed by atoms with Crippen LogP contribution in [0.15, 0.2) is 32.4 Å². The molecular weight excluding hydrogens is 473 g/mol. The summed E-state index contributed by atoms with van der Waals surface area (Å²) in [5, 5.41) is 0. The summed E-state index contributed by atoms with van der Waals surface area (Å²) in [5.41, 5.74) is -0.412. The third-order valence-corrected chi connectivity index (χ3v) is 5.51. The van der Waals surface area contributed by atoms with Crippen LogP contribution in [0.5, 0.6) is 5.75 Å². The second-order valence-corrected chi connectivity index (χ2v) is 7.81. The maximum Gasteiger partial charge on any atom is 0.449 e. The van der Waals surface area contributed by atoms with E-state index < -0.39 is 41.6 Å². The minimum absolute atomic E-state index is 0.0630. The molecule has 0 aromatic heterocycles. The lowest BCUT2D eigenvalue weighted by atomic mass is 9.81. The third-order valence-electron chi connectivity index (χ3n) is 4.47. The Kier molecular flexibility index (Phi) is 4.16. The molecule has 4 rings (SSSR count). The zero-order chi connectivity index (χ0) is 17.9. The van der Waals surface area contributed by atoms with Gasteiger partial charge in [0.2, 0.25) is 12.0 Å². The fraction of sp³-hybridized carbons (Fsp3) is 0.438. The van der Waals surface area contributed by atoms with Crippen molar-refractivity contribution >= 4 is 37.6 Å². The molecule has 134 valence electrons. The van der Waals surface area contributed by atoms with E-state index in [0.717, 1.165) is 0 Å². The molecule has 3 heterocycles. The smallest absolute Gasteiger partial charge is 0.449 e. The van der Waals surface area contributed by atoms with Gasteiger partial charge < -0.3 is 14.2 Å². The van der Waals surface area contributed by atoms with Gasteiger partial charge in [-0.15, -0.1) is 0 Å². The molecule has 4 nitrogen and oxygen atoms in total. The predicted octanol–water partition coefficient (Wildman–Crippen LogP) is 4.75. The van der Waals surface area contributed by atoms with Gasteiger partial charge in [0.25, 0.3) is 0 Å². The molecule has 0 saturated carbocycles. The van der Waals surface area contributed by atoms with Crippen LogP contribution in [0.25, 0.3) is 0 Å². The number of fused-ring (bicyclic) bond motifs is 4. The molecule has 0 aliphatic carbocycles. The molecule has 1 saturated heterocycles. The summed E-state index contributed by atoms with van der Waals surface area (Å²) in [4.78, 5) is 12.9. The van der Waals surface area contributed by atoms with Crippen LogP contribution in [-0.4, -0.2) is 31.0 Å². The van der Waals surface area contributed by atoms with Gasteiger partial charge in [0.1, 0.15) is 11.9 Å². The van der Waals surface area contributed by atoms with Crippen molar-refractivity contribution in [2.45, 2.75) is 31.4 Å². The first-order valence-corrected chi connectivity index (χ1v) is 9.16. The highest BCUT2D eigenvalue weighted by Crippen LogP contribution is 2.48. The van der Waals surface area contributed by atoms with Gasteiger partial charge in [0.15, 0.2) is 5.78 Å². The summed E-state index contributed by atoms with van der Waals surface area (Å²) >= 11 is 6.55. The maximum atomic E-state index is 13.5. The van der Waals surface area contributed by atoms with Crippen molar-refractivity contribution in [3.63, 3.8) is 0 Å². The summed E-state index contributed by atoms with van der Waals surface area (Å²) in [6, 6.07) is 3.13. The molecule has 3 aliphatic rings. The Balaban J connectivity index is 1.92. The van der Waals surface area contributed by atoms with Crippen molar-refractivity contribution < 1.29 is 32.2 Å². The van der Waals surface area contributed by atoms with Crippen molar-refractivity contribution in [3.8, 4) is 5.75 Å². The largest absolute Gasteiger partial charge is 0.483 e. The molecule has 25 heavy (non-hydrogen) atoms. The van der Waals surface area contributed by atoms with Crippen LogP contribution in [-0.2, 0) is 9.47 Å². The molecule has 0 spiro atoms. The Labute approximate surface area is 157 Å². The van der Waals surface area contributed by atoms with Gasteiger partial charge in [-0.2, -0.15) is 13.2 Å². The van der Waals surface area contributed by atoms with Crippen molar-refractivity contribution in [3.05, 3.63) is 38.0 Å². The van der Waals surface area contributed by atoms with Crippen LogP contribution in [0.1, 0.15) is 23.2 Å². The highest BCUT2D eigenvalue weighted by molar-refractivity contribution is 9.11.